The van der Waals surface area contributed by atoms with Crippen LogP contribution in [-0.4, -0.2) is 29.5 Å². The van der Waals surface area contributed by atoms with Crippen LogP contribution in [-0.2, 0) is 12.3 Å². The van der Waals surface area contributed by atoms with Gasteiger partial charge in [-0.1, -0.05) is 12.8 Å². The van der Waals surface area contributed by atoms with E-state index in [9.17, 15) is 0 Å². The highest BCUT2D eigenvalue weighted by molar-refractivity contribution is 7.09. The van der Waals surface area contributed by atoms with Crippen molar-refractivity contribution in [3.63, 3.8) is 0 Å². The summed E-state index contributed by atoms with van der Waals surface area (Å²) >= 11 is 7.49. The molecule has 0 radical (unpaired) electrons. The summed E-state index contributed by atoms with van der Waals surface area (Å²) in [4.78, 5) is 7.07. The molecule has 1 aliphatic heterocycles. The first-order chi connectivity index (χ1) is 7.88. The van der Waals surface area contributed by atoms with E-state index < -0.39 is 0 Å². The van der Waals surface area contributed by atoms with E-state index in [1.165, 1.54) is 43.8 Å². The highest BCUT2D eigenvalue weighted by Crippen LogP contribution is 2.14. The maximum absolute atomic E-state index is 5.74. The summed E-state index contributed by atoms with van der Waals surface area (Å²) in [6.45, 7) is 3.71. The topological polar surface area (TPSA) is 16.1 Å². The first-order valence-corrected chi connectivity index (χ1v) is 7.51. The minimum atomic E-state index is 0.542. The van der Waals surface area contributed by atoms with Crippen LogP contribution in [0.4, 0.5) is 0 Å². The van der Waals surface area contributed by atoms with Crippen molar-refractivity contribution in [1.82, 2.24) is 9.88 Å². The molecule has 0 aliphatic carbocycles. The van der Waals surface area contributed by atoms with Crippen molar-refractivity contribution in [3.8, 4) is 0 Å². The Morgan fingerprint density at radius 1 is 1.25 bits per heavy atom. The minimum Gasteiger partial charge on any atom is -0.303 e. The van der Waals surface area contributed by atoms with Crippen LogP contribution in [0.25, 0.3) is 0 Å². The fourth-order valence-corrected chi connectivity index (χ4v) is 3.15. The van der Waals surface area contributed by atoms with E-state index in [0.29, 0.717) is 5.88 Å². The first kappa shape index (κ1) is 12.3. The van der Waals surface area contributed by atoms with Crippen LogP contribution in [0.1, 0.15) is 36.4 Å². The third-order valence-electron chi connectivity index (χ3n) is 3.08. The summed E-state index contributed by atoms with van der Waals surface area (Å²) in [6, 6.07) is 0. The Kier molecular flexibility index (Phi) is 5.07. The van der Waals surface area contributed by atoms with Gasteiger partial charge >= 0.3 is 0 Å². The molecule has 1 aromatic heterocycles. The molecule has 0 amide bonds. The van der Waals surface area contributed by atoms with E-state index in [2.05, 4.69) is 15.3 Å². The average molecular weight is 259 g/mol. The molecule has 0 N–H and O–H groups in total. The lowest BCUT2D eigenvalue weighted by Crippen LogP contribution is -2.26. The lowest BCUT2D eigenvalue weighted by atomic mass is 10.2. The van der Waals surface area contributed by atoms with Crippen LogP contribution in [0.3, 0.4) is 0 Å². The van der Waals surface area contributed by atoms with Crippen molar-refractivity contribution in [2.75, 3.05) is 19.6 Å². The van der Waals surface area contributed by atoms with Gasteiger partial charge < -0.3 is 4.90 Å². The summed E-state index contributed by atoms with van der Waals surface area (Å²) < 4.78 is 0. The van der Waals surface area contributed by atoms with Crippen LogP contribution in [0.2, 0.25) is 0 Å². The first-order valence-electron chi connectivity index (χ1n) is 6.10. The molecule has 1 aliphatic rings. The Hall–Kier alpha value is -0.120. The monoisotopic (exact) mass is 258 g/mol. The molecule has 2 heterocycles. The Balaban J connectivity index is 1.77. The second-order valence-corrected chi connectivity index (χ2v) is 5.58. The molecule has 16 heavy (non-hydrogen) atoms. The number of hydrogen-bond donors (Lipinski definition) is 0. The zero-order valence-corrected chi connectivity index (χ0v) is 11.2. The van der Waals surface area contributed by atoms with Gasteiger partial charge in [-0.15, -0.1) is 22.9 Å². The SMILES string of the molecule is ClCc1csc(CCN2CCCCCC2)n1. The van der Waals surface area contributed by atoms with Gasteiger partial charge in [0.1, 0.15) is 0 Å². The summed E-state index contributed by atoms with van der Waals surface area (Å²) in [7, 11) is 0. The van der Waals surface area contributed by atoms with E-state index in [-0.39, 0.29) is 0 Å². The lowest BCUT2D eigenvalue weighted by Gasteiger charge is -2.18. The number of alkyl halides is 1. The summed E-state index contributed by atoms with van der Waals surface area (Å²) in [6.07, 6.45) is 6.63. The van der Waals surface area contributed by atoms with Crippen LogP contribution >= 0.6 is 22.9 Å². The molecular formula is C12H19ClN2S. The highest BCUT2D eigenvalue weighted by atomic mass is 35.5. The number of thiazole rings is 1. The third-order valence-corrected chi connectivity index (χ3v) is 4.31. The highest BCUT2D eigenvalue weighted by Gasteiger charge is 2.09. The van der Waals surface area contributed by atoms with Gasteiger partial charge in [-0.05, 0) is 25.9 Å². The second kappa shape index (κ2) is 6.58. The Morgan fingerprint density at radius 2 is 2.00 bits per heavy atom. The number of nitrogens with zero attached hydrogens (tertiary/aromatic N) is 2. The molecule has 1 saturated heterocycles. The van der Waals surface area contributed by atoms with Crippen LogP contribution in [0.15, 0.2) is 5.38 Å². The standard InChI is InChI=1S/C12H19ClN2S/c13-9-11-10-16-12(14-11)5-8-15-6-3-1-2-4-7-15/h10H,1-9H2. The van der Waals surface area contributed by atoms with Gasteiger partial charge in [0, 0.05) is 18.3 Å². The van der Waals surface area contributed by atoms with Crippen molar-refractivity contribution in [3.05, 3.63) is 16.1 Å². The van der Waals surface area contributed by atoms with E-state index in [1.807, 2.05) is 0 Å². The number of halogens is 1. The molecule has 90 valence electrons. The molecule has 0 saturated carbocycles. The number of likely N-dealkylation sites (tertiary alicyclic amines) is 1. The summed E-state index contributed by atoms with van der Waals surface area (Å²) in [5.41, 5.74) is 1.03. The zero-order valence-electron chi connectivity index (χ0n) is 9.62. The average Bonchev–Trinajstić information content (AvgIpc) is 2.61. The molecular weight excluding hydrogens is 240 g/mol. The lowest BCUT2D eigenvalue weighted by molar-refractivity contribution is 0.288. The van der Waals surface area contributed by atoms with Crippen molar-refractivity contribution < 1.29 is 0 Å². The Labute approximate surface area is 107 Å². The quantitative estimate of drug-likeness (QED) is 0.771. The Bertz CT molecular complexity index is 306. The largest absolute Gasteiger partial charge is 0.303 e. The van der Waals surface area contributed by atoms with Gasteiger partial charge in [0.2, 0.25) is 0 Å². The van der Waals surface area contributed by atoms with Gasteiger partial charge in [0.25, 0.3) is 0 Å². The molecule has 0 atom stereocenters. The van der Waals surface area contributed by atoms with Gasteiger partial charge in [-0.3, -0.25) is 0 Å². The smallest absolute Gasteiger partial charge is 0.0941 e. The van der Waals surface area contributed by atoms with E-state index in [1.54, 1.807) is 11.3 Å². The predicted octanol–water partition coefficient (Wildman–Crippen LogP) is 3.30. The van der Waals surface area contributed by atoms with Crippen molar-refractivity contribution >= 4 is 22.9 Å². The normalized spacial score (nSPS) is 18.6. The van der Waals surface area contributed by atoms with Crippen molar-refractivity contribution in [2.45, 2.75) is 38.0 Å². The predicted molar refractivity (Wildman–Crippen MR) is 70.3 cm³/mol. The molecule has 1 fully saturated rings. The molecule has 0 spiro atoms. The molecule has 0 unspecified atom stereocenters. The van der Waals surface area contributed by atoms with Gasteiger partial charge in [-0.2, -0.15) is 0 Å². The molecule has 2 nitrogen and oxygen atoms in total. The zero-order chi connectivity index (χ0) is 11.2. The maximum Gasteiger partial charge on any atom is 0.0941 e. The van der Waals surface area contributed by atoms with Gasteiger partial charge in [0.15, 0.2) is 0 Å². The van der Waals surface area contributed by atoms with E-state index >= 15 is 0 Å². The molecule has 4 heteroatoms. The second-order valence-electron chi connectivity index (χ2n) is 4.37. The number of hydrogen-bond acceptors (Lipinski definition) is 3. The van der Waals surface area contributed by atoms with Gasteiger partial charge in [0.05, 0.1) is 16.6 Å². The van der Waals surface area contributed by atoms with E-state index in [0.717, 1.165) is 18.7 Å². The van der Waals surface area contributed by atoms with E-state index in [4.69, 9.17) is 11.6 Å². The van der Waals surface area contributed by atoms with Gasteiger partial charge in [-0.25, -0.2) is 4.98 Å². The maximum atomic E-state index is 5.74. The van der Waals surface area contributed by atoms with Crippen LogP contribution in [0.5, 0.6) is 0 Å². The van der Waals surface area contributed by atoms with Crippen molar-refractivity contribution in [1.29, 1.82) is 0 Å². The van der Waals surface area contributed by atoms with Crippen molar-refractivity contribution in [2.24, 2.45) is 0 Å². The number of aromatic nitrogens is 1. The molecule has 0 bridgehead atoms. The molecule has 2 rings (SSSR count). The number of rotatable bonds is 4. The van der Waals surface area contributed by atoms with Crippen LogP contribution in [0, 0.1) is 0 Å². The summed E-state index contributed by atoms with van der Waals surface area (Å²) in [5, 5.41) is 3.31. The minimum absolute atomic E-state index is 0.542. The molecule has 1 aromatic rings. The Morgan fingerprint density at radius 3 is 2.62 bits per heavy atom. The van der Waals surface area contributed by atoms with Crippen LogP contribution < -0.4 is 0 Å². The third kappa shape index (κ3) is 3.72. The molecule has 0 aromatic carbocycles. The summed E-state index contributed by atoms with van der Waals surface area (Å²) in [5.74, 6) is 0.542. The fraction of sp³-hybridized carbons (Fsp3) is 0.750. The fourth-order valence-electron chi connectivity index (χ4n) is 2.14.